The third-order valence-electron chi connectivity index (χ3n) is 4.53. The Morgan fingerprint density at radius 1 is 1.24 bits per heavy atom. The molecule has 3 rings (SSSR count). The molecule has 2 heterocycles. The molecule has 8 nitrogen and oxygen atoms in total. The van der Waals surface area contributed by atoms with Crippen LogP contribution < -0.4 is 4.90 Å². The number of aliphatic hydroxyl groups is 1. The lowest BCUT2D eigenvalue weighted by atomic mass is 10.1. The number of rotatable bonds is 6. The number of aromatic nitrogens is 2. The summed E-state index contributed by atoms with van der Waals surface area (Å²) in [5.74, 6) is 0. The highest BCUT2D eigenvalue weighted by atomic mass is 16.6. The van der Waals surface area contributed by atoms with Crippen molar-refractivity contribution in [3.8, 4) is 0 Å². The second-order valence-electron chi connectivity index (χ2n) is 6.41. The molecule has 0 bridgehead atoms. The molecule has 1 N–H and O–H groups in total. The van der Waals surface area contributed by atoms with Crippen molar-refractivity contribution in [2.75, 3.05) is 37.6 Å². The Morgan fingerprint density at radius 3 is 2.60 bits per heavy atom. The molecule has 1 aliphatic heterocycles. The standard InChI is InChI=1S/C17H23N5O3/c1-14-4-2-3-5-17(14)20-8-6-19(7-9-20)12-16(23)13-21-11-15(10-18-21)22(24)25/h2-5,10-11,16,23H,6-9,12-13H2,1H3. The lowest BCUT2D eigenvalue weighted by Gasteiger charge is -2.37. The normalized spacial score (nSPS) is 16.8. The van der Waals surface area contributed by atoms with Crippen LogP contribution in [0.2, 0.25) is 0 Å². The lowest BCUT2D eigenvalue weighted by molar-refractivity contribution is -0.385. The summed E-state index contributed by atoms with van der Waals surface area (Å²) in [6.45, 7) is 6.51. The predicted octanol–water partition coefficient (Wildman–Crippen LogP) is 1.28. The van der Waals surface area contributed by atoms with Gasteiger partial charge in [0.15, 0.2) is 0 Å². The van der Waals surface area contributed by atoms with Crippen LogP contribution in [-0.2, 0) is 6.54 Å². The Hall–Kier alpha value is -2.45. The maximum absolute atomic E-state index is 10.7. The van der Waals surface area contributed by atoms with Crippen molar-refractivity contribution < 1.29 is 10.0 Å². The Bertz CT molecular complexity index is 725. The summed E-state index contributed by atoms with van der Waals surface area (Å²) >= 11 is 0. The first-order chi connectivity index (χ1) is 12.0. The molecular weight excluding hydrogens is 322 g/mol. The van der Waals surface area contributed by atoms with Crippen LogP contribution in [0.15, 0.2) is 36.7 Å². The van der Waals surface area contributed by atoms with Crippen LogP contribution >= 0.6 is 0 Å². The van der Waals surface area contributed by atoms with Gasteiger partial charge >= 0.3 is 5.69 Å². The lowest BCUT2D eigenvalue weighted by Crippen LogP contribution is -2.49. The van der Waals surface area contributed by atoms with Crippen LogP contribution in [0.4, 0.5) is 11.4 Å². The van der Waals surface area contributed by atoms with Gasteiger partial charge in [-0.1, -0.05) is 18.2 Å². The Morgan fingerprint density at radius 2 is 1.96 bits per heavy atom. The molecule has 1 saturated heterocycles. The first-order valence-corrected chi connectivity index (χ1v) is 8.41. The van der Waals surface area contributed by atoms with Gasteiger partial charge in [-0.25, -0.2) is 0 Å². The molecule has 0 amide bonds. The number of anilines is 1. The summed E-state index contributed by atoms with van der Waals surface area (Å²) in [4.78, 5) is 14.8. The van der Waals surface area contributed by atoms with Crippen LogP contribution in [-0.4, -0.2) is 63.5 Å². The minimum absolute atomic E-state index is 0.0564. The van der Waals surface area contributed by atoms with Gasteiger partial charge in [0.2, 0.25) is 0 Å². The average Bonchev–Trinajstić information content (AvgIpc) is 3.05. The van der Waals surface area contributed by atoms with Crippen molar-refractivity contribution in [2.24, 2.45) is 0 Å². The number of nitro groups is 1. The van der Waals surface area contributed by atoms with E-state index in [2.05, 4.69) is 40.0 Å². The molecule has 1 aliphatic rings. The second-order valence-corrected chi connectivity index (χ2v) is 6.41. The van der Waals surface area contributed by atoms with Gasteiger partial charge in [-0.2, -0.15) is 5.10 Å². The van der Waals surface area contributed by atoms with Crippen LogP contribution in [0.1, 0.15) is 5.56 Å². The Balaban J connectivity index is 1.48. The fourth-order valence-corrected chi connectivity index (χ4v) is 3.21. The smallest absolute Gasteiger partial charge is 0.306 e. The number of piperazine rings is 1. The number of aryl methyl sites for hydroxylation is 1. The molecule has 1 aromatic carbocycles. The first-order valence-electron chi connectivity index (χ1n) is 8.41. The zero-order chi connectivity index (χ0) is 17.8. The van der Waals surface area contributed by atoms with E-state index in [1.807, 2.05) is 6.07 Å². The van der Waals surface area contributed by atoms with E-state index in [0.717, 1.165) is 26.2 Å². The van der Waals surface area contributed by atoms with Crippen LogP contribution in [0.25, 0.3) is 0 Å². The van der Waals surface area contributed by atoms with Crippen molar-refractivity contribution in [3.63, 3.8) is 0 Å². The zero-order valence-electron chi connectivity index (χ0n) is 14.3. The number of benzene rings is 1. The molecule has 1 unspecified atom stereocenters. The zero-order valence-corrected chi connectivity index (χ0v) is 14.3. The molecular formula is C17H23N5O3. The minimum Gasteiger partial charge on any atom is -0.390 e. The molecule has 1 aromatic heterocycles. The van der Waals surface area contributed by atoms with E-state index in [1.165, 1.54) is 28.3 Å². The fraction of sp³-hybridized carbons (Fsp3) is 0.471. The van der Waals surface area contributed by atoms with Crippen molar-refractivity contribution in [1.29, 1.82) is 0 Å². The Kier molecular flexibility index (Phi) is 5.30. The molecule has 2 aromatic rings. The van der Waals surface area contributed by atoms with Crippen LogP contribution in [0, 0.1) is 17.0 Å². The quantitative estimate of drug-likeness (QED) is 0.627. The molecule has 0 aliphatic carbocycles. The summed E-state index contributed by atoms with van der Waals surface area (Å²) in [6.07, 6.45) is 1.94. The third kappa shape index (κ3) is 4.34. The second kappa shape index (κ2) is 7.62. The fourth-order valence-electron chi connectivity index (χ4n) is 3.21. The van der Waals surface area contributed by atoms with Gasteiger partial charge in [0.1, 0.15) is 12.4 Å². The van der Waals surface area contributed by atoms with E-state index < -0.39 is 11.0 Å². The number of hydrogen-bond acceptors (Lipinski definition) is 6. The molecule has 0 radical (unpaired) electrons. The first kappa shape index (κ1) is 17.4. The molecule has 1 atom stereocenters. The highest BCUT2D eigenvalue weighted by Gasteiger charge is 2.21. The van der Waals surface area contributed by atoms with E-state index in [-0.39, 0.29) is 12.2 Å². The molecule has 0 spiro atoms. The summed E-state index contributed by atoms with van der Waals surface area (Å²) in [5.41, 5.74) is 2.49. The Labute approximate surface area is 146 Å². The monoisotopic (exact) mass is 345 g/mol. The number of β-amino-alcohol motifs (C(OH)–C–C–N with tert-alkyl or cyclic N) is 1. The SMILES string of the molecule is Cc1ccccc1N1CCN(CC(O)Cn2cc([N+](=O)[O-])cn2)CC1. The van der Waals surface area contributed by atoms with Crippen molar-refractivity contribution >= 4 is 11.4 Å². The van der Waals surface area contributed by atoms with E-state index in [0.29, 0.717) is 6.54 Å². The topological polar surface area (TPSA) is 87.7 Å². The van der Waals surface area contributed by atoms with Gasteiger partial charge in [0.05, 0.1) is 17.6 Å². The maximum atomic E-state index is 10.7. The minimum atomic E-state index is -0.607. The van der Waals surface area contributed by atoms with E-state index in [4.69, 9.17) is 0 Å². The number of hydrogen-bond donors (Lipinski definition) is 1. The molecule has 134 valence electrons. The molecule has 0 saturated carbocycles. The third-order valence-corrected chi connectivity index (χ3v) is 4.53. The average molecular weight is 345 g/mol. The summed E-state index contributed by atoms with van der Waals surface area (Å²) in [7, 11) is 0. The van der Waals surface area contributed by atoms with Gasteiger partial charge in [-0.3, -0.25) is 19.7 Å². The highest BCUT2D eigenvalue weighted by Crippen LogP contribution is 2.20. The number of para-hydroxylation sites is 1. The van der Waals surface area contributed by atoms with E-state index in [9.17, 15) is 15.2 Å². The number of nitrogens with zero attached hydrogens (tertiary/aromatic N) is 5. The van der Waals surface area contributed by atoms with Gasteiger partial charge in [-0.05, 0) is 18.6 Å². The molecule has 1 fully saturated rings. The van der Waals surface area contributed by atoms with Crippen LogP contribution in [0.5, 0.6) is 0 Å². The van der Waals surface area contributed by atoms with Gasteiger partial charge < -0.3 is 10.0 Å². The van der Waals surface area contributed by atoms with E-state index >= 15 is 0 Å². The van der Waals surface area contributed by atoms with E-state index in [1.54, 1.807) is 0 Å². The molecule has 25 heavy (non-hydrogen) atoms. The van der Waals surface area contributed by atoms with Gasteiger partial charge in [0, 0.05) is 38.4 Å². The number of aliphatic hydroxyl groups excluding tert-OH is 1. The van der Waals surface area contributed by atoms with Gasteiger partial charge in [0.25, 0.3) is 0 Å². The van der Waals surface area contributed by atoms with Crippen LogP contribution in [0.3, 0.4) is 0 Å². The van der Waals surface area contributed by atoms with Gasteiger partial charge in [-0.15, -0.1) is 0 Å². The van der Waals surface area contributed by atoms with Crippen molar-refractivity contribution in [2.45, 2.75) is 19.6 Å². The predicted molar refractivity (Wildman–Crippen MR) is 94.7 cm³/mol. The maximum Gasteiger partial charge on any atom is 0.306 e. The van der Waals surface area contributed by atoms with Crippen molar-refractivity contribution in [3.05, 3.63) is 52.3 Å². The summed E-state index contributed by atoms with van der Waals surface area (Å²) in [5, 5.41) is 24.8. The summed E-state index contributed by atoms with van der Waals surface area (Å²) < 4.78 is 1.42. The largest absolute Gasteiger partial charge is 0.390 e. The highest BCUT2D eigenvalue weighted by molar-refractivity contribution is 5.53. The van der Waals surface area contributed by atoms with Crippen molar-refractivity contribution in [1.82, 2.24) is 14.7 Å². The summed E-state index contributed by atoms with van der Waals surface area (Å²) in [6, 6.07) is 8.37. The molecule has 8 heteroatoms.